The Morgan fingerprint density at radius 2 is 1.82 bits per heavy atom. The van der Waals surface area contributed by atoms with E-state index < -0.39 is 0 Å². The first-order valence-corrected chi connectivity index (χ1v) is 5.45. The van der Waals surface area contributed by atoms with Crippen molar-refractivity contribution >= 4 is 5.69 Å². The Morgan fingerprint density at radius 3 is 2.53 bits per heavy atom. The van der Waals surface area contributed by atoms with E-state index in [2.05, 4.69) is 0 Å². The van der Waals surface area contributed by atoms with Gasteiger partial charge in [0.15, 0.2) is 0 Å². The Kier molecular flexibility index (Phi) is 2.91. The molecule has 0 heterocycles. The predicted molar refractivity (Wildman–Crippen MR) is 68.1 cm³/mol. The number of phenols is 2. The van der Waals surface area contributed by atoms with Gasteiger partial charge >= 0.3 is 0 Å². The second kappa shape index (κ2) is 4.37. The molecule has 0 aliphatic rings. The van der Waals surface area contributed by atoms with E-state index in [1.54, 1.807) is 6.07 Å². The predicted octanol–water partition coefficient (Wildman–Crippen LogP) is 2.83. The summed E-state index contributed by atoms with van der Waals surface area (Å²) in [6.07, 6.45) is 0. The van der Waals surface area contributed by atoms with Crippen LogP contribution < -0.4 is 5.73 Å². The SMILES string of the molecule is CC(c1cccc(N)c1)c1cc(O)ccc1O. The second-order valence-corrected chi connectivity index (χ2v) is 4.13. The van der Waals surface area contributed by atoms with Gasteiger partial charge in [-0.15, -0.1) is 0 Å². The van der Waals surface area contributed by atoms with E-state index in [0.29, 0.717) is 11.3 Å². The highest BCUT2D eigenvalue weighted by molar-refractivity contribution is 5.48. The topological polar surface area (TPSA) is 66.5 Å². The molecule has 0 radical (unpaired) electrons. The molecule has 0 aliphatic carbocycles. The van der Waals surface area contributed by atoms with Crippen molar-refractivity contribution < 1.29 is 10.2 Å². The minimum Gasteiger partial charge on any atom is -0.508 e. The number of nitrogen functional groups attached to an aromatic ring is 1. The quantitative estimate of drug-likeness (QED) is 0.548. The number of hydrogen-bond acceptors (Lipinski definition) is 3. The van der Waals surface area contributed by atoms with Crippen LogP contribution in [0, 0.1) is 0 Å². The number of nitrogens with two attached hydrogens (primary N) is 1. The maximum Gasteiger partial charge on any atom is 0.119 e. The average Bonchev–Trinajstić information content (AvgIpc) is 2.31. The molecule has 0 fully saturated rings. The molecule has 2 aromatic carbocycles. The van der Waals surface area contributed by atoms with E-state index in [-0.39, 0.29) is 17.4 Å². The van der Waals surface area contributed by atoms with Crippen LogP contribution >= 0.6 is 0 Å². The minimum absolute atomic E-state index is 0.0226. The van der Waals surface area contributed by atoms with E-state index in [1.807, 2.05) is 31.2 Å². The highest BCUT2D eigenvalue weighted by Crippen LogP contribution is 2.33. The first-order chi connectivity index (χ1) is 8.08. The summed E-state index contributed by atoms with van der Waals surface area (Å²) in [6.45, 7) is 1.96. The molecule has 1 atom stereocenters. The number of benzene rings is 2. The van der Waals surface area contributed by atoms with Crippen LogP contribution in [0.4, 0.5) is 5.69 Å². The van der Waals surface area contributed by atoms with Crippen LogP contribution in [0.5, 0.6) is 11.5 Å². The molecule has 0 amide bonds. The summed E-state index contributed by atoms with van der Waals surface area (Å²) in [5.74, 6) is 0.303. The van der Waals surface area contributed by atoms with E-state index in [0.717, 1.165) is 5.56 Å². The van der Waals surface area contributed by atoms with Gasteiger partial charge in [-0.25, -0.2) is 0 Å². The van der Waals surface area contributed by atoms with Gasteiger partial charge in [-0.05, 0) is 35.9 Å². The maximum absolute atomic E-state index is 9.79. The largest absolute Gasteiger partial charge is 0.508 e. The molecule has 0 saturated carbocycles. The molecular weight excluding hydrogens is 214 g/mol. The van der Waals surface area contributed by atoms with Crippen LogP contribution in [0.2, 0.25) is 0 Å². The standard InChI is InChI=1S/C14H15NO2/c1-9(10-3-2-4-11(15)7-10)13-8-12(16)5-6-14(13)17/h2-9,16-17H,15H2,1H3. The van der Waals surface area contributed by atoms with Crippen LogP contribution in [-0.4, -0.2) is 10.2 Å². The number of hydrogen-bond donors (Lipinski definition) is 3. The van der Waals surface area contributed by atoms with Crippen molar-refractivity contribution in [2.45, 2.75) is 12.8 Å². The Labute approximate surface area is 100 Å². The van der Waals surface area contributed by atoms with Gasteiger partial charge in [-0.1, -0.05) is 19.1 Å². The lowest BCUT2D eigenvalue weighted by Crippen LogP contribution is -1.97. The Hall–Kier alpha value is -2.16. The van der Waals surface area contributed by atoms with E-state index in [1.165, 1.54) is 12.1 Å². The summed E-state index contributed by atoms with van der Waals surface area (Å²) in [5.41, 5.74) is 8.12. The number of anilines is 1. The summed E-state index contributed by atoms with van der Waals surface area (Å²) in [6, 6.07) is 12.0. The smallest absolute Gasteiger partial charge is 0.119 e. The molecule has 0 aromatic heterocycles. The molecule has 0 aliphatic heterocycles. The lowest BCUT2D eigenvalue weighted by molar-refractivity contribution is 0.452. The fourth-order valence-electron chi connectivity index (χ4n) is 1.90. The first kappa shape index (κ1) is 11.3. The molecule has 0 saturated heterocycles. The van der Waals surface area contributed by atoms with Gasteiger partial charge in [0, 0.05) is 17.2 Å². The summed E-state index contributed by atoms with van der Waals surface area (Å²) < 4.78 is 0. The molecule has 88 valence electrons. The molecule has 2 rings (SSSR count). The number of rotatable bonds is 2. The van der Waals surface area contributed by atoms with Crippen LogP contribution in [0.25, 0.3) is 0 Å². The fraction of sp³-hybridized carbons (Fsp3) is 0.143. The number of aromatic hydroxyl groups is 2. The van der Waals surface area contributed by atoms with Gasteiger partial charge < -0.3 is 15.9 Å². The number of phenolic OH excluding ortho intramolecular Hbond substituents is 2. The van der Waals surface area contributed by atoms with Crippen LogP contribution in [-0.2, 0) is 0 Å². The lowest BCUT2D eigenvalue weighted by atomic mass is 9.92. The Bertz CT molecular complexity index is 537. The molecular formula is C14H15NO2. The third kappa shape index (κ3) is 2.33. The molecule has 3 heteroatoms. The van der Waals surface area contributed by atoms with E-state index >= 15 is 0 Å². The van der Waals surface area contributed by atoms with Gasteiger partial charge in [0.1, 0.15) is 11.5 Å². The average molecular weight is 229 g/mol. The zero-order valence-electron chi connectivity index (χ0n) is 9.59. The summed E-state index contributed by atoms with van der Waals surface area (Å²) >= 11 is 0. The summed E-state index contributed by atoms with van der Waals surface area (Å²) in [7, 11) is 0. The van der Waals surface area contributed by atoms with E-state index in [9.17, 15) is 10.2 Å². The van der Waals surface area contributed by atoms with Crippen molar-refractivity contribution in [3.8, 4) is 11.5 Å². The van der Waals surface area contributed by atoms with Crippen molar-refractivity contribution in [1.82, 2.24) is 0 Å². The van der Waals surface area contributed by atoms with E-state index in [4.69, 9.17) is 5.73 Å². The zero-order valence-corrected chi connectivity index (χ0v) is 9.59. The monoisotopic (exact) mass is 229 g/mol. The van der Waals surface area contributed by atoms with Gasteiger partial charge in [-0.3, -0.25) is 0 Å². The molecule has 0 spiro atoms. The van der Waals surface area contributed by atoms with Crippen molar-refractivity contribution in [2.75, 3.05) is 5.73 Å². The lowest BCUT2D eigenvalue weighted by Gasteiger charge is -2.14. The molecule has 4 N–H and O–H groups in total. The van der Waals surface area contributed by atoms with Crippen molar-refractivity contribution in [2.24, 2.45) is 0 Å². The van der Waals surface area contributed by atoms with Crippen LogP contribution in [0.15, 0.2) is 42.5 Å². The molecule has 3 nitrogen and oxygen atoms in total. The first-order valence-electron chi connectivity index (χ1n) is 5.45. The fourth-order valence-corrected chi connectivity index (χ4v) is 1.90. The zero-order chi connectivity index (χ0) is 12.4. The second-order valence-electron chi connectivity index (χ2n) is 4.13. The third-order valence-electron chi connectivity index (χ3n) is 2.89. The highest BCUT2D eigenvalue weighted by atomic mass is 16.3. The highest BCUT2D eigenvalue weighted by Gasteiger charge is 2.13. The third-order valence-corrected chi connectivity index (χ3v) is 2.89. The maximum atomic E-state index is 9.79. The minimum atomic E-state index is -0.0226. The Morgan fingerprint density at radius 1 is 1.06 bits per heavy atom. The van der Waals surface area contributed by atoms with Gasteiger partial charge in [0.05, 0.1) is 0 Å². The molecule has 2 aromatic rings. The summed E-state index contributed by atoms with van der Waals surface area (Å²) in [4.78, 5) is 0. The Balaban J connectivity index is 2.43. The molecule has 0 bridgehead atoms. The van der Waals surface area contributed by atoms with Crippen LogP contribution in [0.1, 0.15) is 24.0 Å². The van der Waals surface area contributed by atoms with Gasteiger partial charge in [-0.2, -0.15) is 0 Å². The van der Waals surface area contributed by atoms with Crippen LogP contribution in [0.3, 0.4) is 0 Å². The molecule has 17 heavy (non-hydrogen) atoms. The van der Waals surface area contributed by atoms with Gasteiger partial charge in [0.2, 0.25) is 0 Å². The molecule has 1 unspecified atom stereocenters. The normalized spacial score (nSPS) is 12.3. The van der Waals surface area contributed by atoms with Crippen molar-refractivity contribution in [1.29, 1.82) is 0 Å². The van der Waals surface area contributed by atoms with Crippen molar-refractivity contribution in [3.05, 3.63) is 53.6 Å². The van der Waals surface area contributed by atoms with Crippen molar-refractivity contribution in [3.63, 3.8) is 0 Å². The summed E-state index contributed by atoms with van der Waals surface area (Å²) in [5, 5.41) is 19.2. The van der Waals surface area contributed by atoms with Gasteiger partial charge in [0.25, 0.3) is 0 Å².